The van der Waals surface area contributed by atoms with Crippen LogP contribution in [0.25, 0.3) is 0 Å². The number of hydrogen-bond acceptors (Lipinski definition) is 5. The number of esters is 1. The average Bonchev–Trinajstić information content (AvgIpc) is 3.31. The van der Waals surface area contributed by atoms with E-state index in [9.17, 15) is 19.8 Å². The molecule has 0 aliphatic carbocycles. The number of hydrogen-bond donors (Lipinski definition) is 3. The fraction of sp³-hybridized carbons (Fsp3) is 0.898. The van der Waals surface area contributed by atoms with Gasteiger partial charge >= 0.3 is 5.97 Å². The summed E-state index contributed by atoms with van der Waals surface area (Å²) in [5.41, 5.74) is 0. The molecule has 6 nitrogen and oxygen atoms in total. The lowest BCUT2D eigenvalue weighted by atomic mass is 10.0. The van der Waals surface area contributed by atoms with Crippen LogP contribution >= 0.6 is 0 Å². The number of aliphatic hydroxyl groups excluding tert-OH is 2. The lowest BCUT2D eigenvalue weighted by Gasteiger charge is -2.22. The molecular formula is C59H113NO5. The molecule has 384 valence electrons. The van der Waals surface area contributed by atoms with Gasteiger partial charge in [0, 0.05) is 12.8 Å². The van der Waals surface area contributed by atoms with Crippen molar-refractivity contribution in [3.8, 4) is 0 Å². The van der Waals surface area contributed by atoms with Gasteiger partial charge in [0.15, 0.2) is 0 Å². The fourth-order valence-corrected chi connectivity index (χ4v) is 9.02. The summed E-state index contributed by atoms with van der Waals surface area (Å²) in [6, 6.07) is -0.554. The Balaban J connectivity index is 3.50. The van der Waals surface area contributed by atoms with Crippen molar-refractivity contribution >= 4 is 11.9 Å². The highest BCUT2D eigenvalue weighted by Gasteiger charge is 2.20. The van der Waals surface area contributed by atoms with Gasteiger partial charge in [-0.25, -0.2) is 0 Å². The first-order valence-electron chi connectivity index (χ1n) is 29.1. The molecule has 0 aromatic rings. The molecule has 0 bridgehead atoms. The van der Waals surface area contributed by atoms with Gasteiger partial charge in [0.1, 0.15) is 0 Å². The SMILES string of the molecule is CCCCCCCCCCCCCCCCCCCCCC(O)C(CO)NC(=O)CCCCCCCCC/C=C\C/C=C\CCCCCOC(=O)CCCCCCCCCCCCCC. The molecule has 3 N–H and O–H groups in total. The highest BCUT2D eigenvalue weighted by molar-refractivity contribution is 5.76. The summed E-state index contributed by atoms with van der Waals surface area (Å²) >= 11 is 0. The van der Waals surface area contributed by atoms with Gasteiger partial charge in [-0.2, -0.15) is 0 Å². The lowest BCUT2D eigenvalue weighted by Crippen LogP contribution is -2.45. The molecule has 0 fully saturated rings. The Morgan fingerprint density at radius 3 is 1.17 bits per heavy atom. The van der Waals surface area contributed by atoms with E-state index >= 15 is 0 Å². The summed E-state index contributed by atoms with van der Waals surface area (Å²) in [5, 5.41) is 23.3. The smallest absolute Gasteiger partial charge is 0.305 e. The summed E-state index contributed by atoms with van der Waals surface area (Å²) < 4.78 is 5.44. The van der Waals surface area contributed by atoms with Crippen LogP contribution in [0.3, 0.4) is 0 Å². The second-order valence-electron chi connectivity index (χ2n) is 20.0. The van der Waals surface area contributed by atoms with Crippen molar-refractivity contribution in [1.29, 1.82) is 0 Å². The average molecular weight is 917 g/mol. The van der Waals surface area contributed by atoms with Crippen molar-refractivity contribution in [2.45, 2.75) is 328 Å². The number of allylic oxidation sites excluding steroid dienone is 4. The van der Waals surface area contributed by atoms with Gasteiger partial charge < -0.3 is 20.3 Å². The monoisotopic (exact) mass is 916 g/mol. The van der Waals surface area contributed by atoms with Crippen LogP contribution in [0.2, 0.25) is 0 Å². The van der Waals surface area contributed by atoms with Crippen molar-refractivity contribution in [1.82, 2.24) is 5.32 Å². The van der Waals surface area contributed by atoms with Crippen molar-refractivity contribution in [3.63, 3.8) is 0 Å². The Kier molecular flexibility index (Phi) is 53.5. The van der Waals surface area contributed by atoms with Crippen LogP contribution in [0.1, 0.15) is 316 Å². The number of unbranched alkanes of at least 4 members (excludes halogenated alkanes) is 39. The summed E-state index contributed by atoms with van der Waals surface area (Å²) in [6.45, 7) is 4.92. The minimum absolute atomic E-state index is 0.0144. The molecule has 0 spiro atoms. The van der Waals surface area contributed by atoms with E-state index in [4.69, 9.17) is 4.74 Å². The summed E-state index contributed by atoms with van der Waals surface area (Å²) in [7, 11) is 0. The first kappa shape index (κ1) is 63.3. The molecule has 0 rings (SSSR count). The van der Waals surface area contributed by atoms with Crippen LogP contribution in [-0.4, -0.2) is 47.4 Å². The van der Waals surface area contributed by atoms with Crippen LogP contribution in [-0.2, 0) is 14.3 Å². The molecule has 0 aliphatic rings. The zero-order chi connectivity index (χ0) is 47.2. The Morgan fingerprint density at radius 2 is 0.769 bits per heavy atom. The van der Waals surface area contributed by atoms with Gasteiger partial charge in [0.05, 0.1) is 25.4 Å². The Hall–Kier alpha value is -1.66. The van der Waals surface area contributed by atoms with E-state index in [1.807, 2.05) is 0 Å². The standard InChI is InChI=1S/C59H113NO5/c1-3-5-7-9-11-13-15-17-18-19-20-22-25-28-31-35-39-43-47-51-57(62)56(55-61)60-58(63)52-48-44-40-36-32-29-26-23-21-24-27-30-34-38-42-46-50-54-65-59(64)53-49-45-41-37-33-16-14-12-10-8-6-4-2/h21,24,30,34,56-57,61-62H,3-20,22-23,25-29,31-33,35-55H2,1-2H3,(H,60,63)/b24-21-,34-30-. The van der Waals surface area contributed by atoms with Gasteiger partial charge in [-0.1, -0.05) is 263 Å². The van der Waals surface area contributed by atoms with E-state index in [-0.39, 0.29) is 18.5 Å². The van der Waals surface area contributed by atoms with Gasteiger partial charge in [-0.3, -0.25) is 9.59 Å². The number of carbonyl (C=O) groups is 2. The predicted octanol–water partition coefficient (Wildman–Crippen LogP) is 17.9. The zero-order valence-electron chi connectivity index (χ0n) is 43.7. The third kappa shape index (κ3) is 51.6. The van der Waals surface area contributed by atoms with Crippen molar-refractivity contribution < 1.29 is 24.5 Å². The number of rotatable bonds is 54. The summed E-state index contributed by atoms with van der Waals surface area (Å²) in [5.74, 6) is -0.0630. The topological polar surface area (TPSA) is 95.9 Å². The summed E-state index contributed by atoms with van der Waals surface area (Å²) in [6.07, 6.45) is 66.0. The molecule has 6 heteroatoms. The maximum Gasteiger partial charge on any atom is 0.305 e. The van der Waals surface area contributed by atoms with E-state index in [0.717, 1.165) is 83.5 Å². The van der Waals surface area contributed by atoms with Crippen LogP contribution in [0.15, 0.2) is 24.3 Å². The quantitative estimate of drug-likeness (QED) is 0.0321. The van der Waals surface area contributed by atoms with E-state index < -0.39 is 12.1 Å². The number of amides is 1. The van der Waals surface area contributed by atoms with Crippen molar-refractivity contribution in [2.75, 3.05) is 13.2 Å². The first-order valence-corrected chi connectivity index (χ1v) is 29.1. The third-order valence-electron chi connectivity index (χ3n) is 13.5. The number of carbonyl (C=O) groups excluding carboxylic acids is 2. The lowest BCUT2D eigenvalue weighted by molar-refractivity contribution is -0.143. The molecule has 0 aromatic heterocycles. The molecule has 0 aliphatic heterocycles. The second kappa shape index (κ2) is 54.9. The Labute approximate surface area is 405 Å². The van der Waals surface area contributed by atoms with Gasteiger partial charge in [-0.05, 0) is 64.2 Å². The minimum Gasteiger partial charge on any atom is -0.466 e. The van der Waals surface area contributed by atoms with E-state index in [2.05, 4.69) is 43.5 Å². The highest BCUT2D eigenvalue weighted by atomic mass is 16.5. The van der Waals surface area contributed by atoms with Crippen LogP contribution in [0.5, 0.6) is 0 Å². The molecule has 65 heavy (non-hydrogen) atoms. The van der Waals surface area contributed by atoms with E-state index in [1.54, 1.807) is 0 Å². The third-order valence-corrected chi connectivity index (χ3v) is 13.5. The molecule has 1 amide bonds. The van der Waals surface area contributed by atoms with E-state index in [0.29, 0.717) is 25.9 Å². The molecule has 2 unspecified atom stereocenters. The van der Waals surface area contributed by atoms with Gasteiger partial charge in [0.25, 0.3) is 0 Å². The van der Waals surface area contributed by atoms with Crippen LogP contribution in [0.4, 0.5) is 0 Å². The largest absolute Gasteiger partial charge is 0.466 e. The van der Waals surface area contributed by atoms with Gasteiger partial charge in [-0.15, -0.1) is 0 Å². The molecule has 2 atom stereocenters. The highest BCUT2D eigenvalue weighted by Crippen LogP contribution is 2.17. The normalized spacial score (nSPS) is 12.7. The van der Waals surface area contributed by atoms with Crippen LogP contribution in [0, 0.1) is 0 Å². The van der Waals surface area contributed by atoms with Gasteiger partial charge in [0.2, 0.25) is 5.91 Å². The predicted molar refractivity (Wildman–Crippen MR) is 283 cm³/mol. The summed E-state index contributed by atoms with van der Waals surface area (Å²) in [4.78, 5) is 24.5. The maximum atomic E-state index is 12.5. The first-order chi connectivity index (χ1) is 32.0. The van der Waals surface area contributed by atoms with Crippen molar-refractivity contribution in [2.24, 2.45) is 0 Å². The maximum absolute atomic E-state index is 12.5. The number of nitrogens with one attached hydrogen (secondary N) is 1. The molecule has 0 aromatic carbocycles. The van der Waals surface area contributed by atoms with Crippen LogP contribution < -0.4 is 5.32 Å². The molecule has 0 radical (unpaired) electrons. The Morgan fingerprint density at radius 1 is 0.431 bits per heavy atom. The minimum atomic E-state index is -0.675. The molecular weight excluding hydrogens is 803 g/mol. The molecule has 0 saturated carbocycles. The van der Waals surface area contributed by atoms with E-state index in [1.165, 1.54) is 199 Å². The zero-order valence-corrected chi connectivity index (χ0v) is 43.7. The fourth-order valence-electron chi connectivity index (χ4n) is 9.02. The number of ether oxygens (including phenoxy) is 1. The Bertz CT molecular complexity index is 1010. The molecule has 0 saturated heterocycles. The van der Waals surface area contributed by atoms with Crippen molar-refractivity contribution in [3.05, 3.63) is 24.3 Å². The second-order valence-corrected chi connectivity index (χ2v) is 20.0. The molecule has 0 heterocycles. The number of aliphatic hydroxyl groups is 2.